The van der Waals surface area contributed by atoms with Crippen molar-refractivity contribution >= 4 is 0 Å². The molecular formula is C13H18F2. The van der Waals surface area contributed by atoms with Crippen LogP contribution in [0, 0.1) is 0 Å². The van der Waals surface area contributed by atoms with E-state index in [0.29, 0.717) is 12.8 Å². The van der Waals surface area contributed by atoms with E-state index in [0.717, 1.165) is 24.8 Å². The first-order valence-electron chi connectivity index (χ1n) is 5.63. The van der Waals surface area contributed by atoms with Crippen LogP contribution in [-0.2, 0) is 0 Å². The van der Waals surface area contributed by atoms with Crippen molar-refractivity contribution < 1.29 is 8.78 Å². The van der Waals surface area contributed by atoms with E-state index in [1.165, 1.54) is 12.2 Å². The molecule has 0 aromatic rings. The molecule has 0 heterocycles. The van der Waals surface area contributed by atoms with Crippen LogP contribution in [0.4, 0.5) is 8.78 Å². The summed E-state index contributed by atoms with van der Waals surface area (Å²) < 4.78 is 27.2. The van der Waals surface area contributed by atoms with Gasteiger partial charge in [0.15, 0.2) is 0 Å². The van der Waals surface area contributed by atoms with E-state index in [2.05, 4.69) is 0 Å². The van der Waals surface area contributed by atoms with Gasteiger partial charge in [0, 0.05) is 5.57 Å². The van der Waals surface area contributed by atoms with Crippen molar-refractivity contribution in [2.45, 2.75) is 46.0 Å². The molecular weight excluding hydrogens is 194 g/mol. The first kappa shape index (κ1) is 12.2. The van der Waals surface area contributed by atoms with Gasteiger partial charge in [0.05, 0.1) is 0 Å². The van der Waals surface area contributed by atoms with Gasteiger partial charge in [-0.3, -0.25) is 0 Å². The lowest BCUT2D eigenvalue weighted by Gasteiger charge is -2.03. The number of allylic oxidation sites excluding steroid dienone is 6. The molecule has 1 rings (SSSR count). The Labute approximate surface area is 90.4 Å². The largest absolute Gasteiger partial charge is 0.207 e. The fraction of sp³-hybridized carbons (Fsp3) is 0.538. The minimum absolute atomic E-state index is 0.250. The van der Waals surface area contributed by atoms with E-state index >= 15 is 0 Å². The van der Waals surface area contributed by atoms with E-state index in [4.69, 9.17) is 0 Å². The number of hydrogen-bond donors (Lipinski definition) is 0. The zero-order chi connectivity index (χ0) is 11.3. The lowest BCUT2D eigenvalue weighted by molar-refractivity contribution is 0.588. The Balaban J connectivity index is 2.91. The summed E-state index contributed by atoms with van der Waals surface area (Å²) in [4.78, 5) is 0. The topological polar surface area (TPSA) is 0 Å². The third-order valence-corrected chi connectivity index (χ3v) is 2.69. The predicted molar refractivity (Wildman–Crippen MR) is 59.8 cm³/mol. The van der Waals surface area contributed by atoms with Crippen LogP contribution in [0.25, 0.3) is 0 Å². The molecule has 15 heavy (non-hydrogen) atoms. The Morgan fingerprint density at radius 2 is 2.00 bits per heavy atom. The van der Waals surface area contributed by atoms with Crippen LogP contribution in [-0.4, -0.2) is 0 Å². The molecule has 0 aromatic carbocycles. The maximum absolute atomic E-state index is 13.6. The highest BCUT2D eigenvalue weighted by Gasteiger charge is 2.13. The maximum atomic E-state index is 13.6. The van der Waals surface area contributed by atoms with Crippen LogP contribution < -0.4 is 0 Å². The quantitative estimate of drug-likeness (QED) is 0.615. The van der Waals surface area contributed by atoms with Gasteiger partial charge in [-0.25, -0.2) is 8.78 Å². The Kier molecular flexibility index (Phi) is 4.73. The summed E-state index contributed by atoms with van der Waals surface area (Å²) in [5, 5.41) is 0. The van der Waals surface area contributed by atoms with E-state index < -0.39 is 0 Å². The first-order chi connectivity index (χ1) is 7.19. The third-order valence-electron chi connectivity index (χ3n) is 2.69. The van der Waals surface area contributed by atoms with E-state index in [-0.39, 0.29) is 17.2 Å². The van der Waals surface area contributed by atoms with Gasteiger partial charge in [-0.1, -0.05) is 25.8 Å². The fourth-order valence-electron chi connectivity index (χ4n) is 1.62. The molecule has 0 aromatic heterocycles. The standard InChI is InChI=1S/C13H18F2/c1-3-5-6-11-12(14)8-7-10(4-2)9-13(11)15/h8-9H,3-7H2,1-2H3. The van der Waals surface area contributed by atoms with Crippen molar-refractivity contribution in [1.82, 2.24) is 0 Å². The van der Waals surface area contributed by atoms with Gasteiger partial charge in [0.25, 0.3) is 0 Å². The van der Waals surface area contributed by atoms with Crippen molar-refractivity contribution in [3.05, 3.63) is 35.0 Å². The SMILES string of the molecule is CCCCC1=C(F)C=C(CC)CC=C1F. The zero-order valence-electron chi connectivity index (χ0n) is 9.45. The van der Waals surface area contributed by atoms with Crippen LogP contribution >= 0.6 is 0 Å². The molecule has 84 valence electrons. The summed E-state index contributed by atoms with van der Waals surface area (Å²) in [5.74, 6) is -0.757. The number of hydrogen-bond acceptors (Lipinski definition) is 0. The smallest absolute Gasteiger partial charge is 0.129 e. The molecule has 0 saturated heterocycles. The van der Waals surface area contributed by atoms with Gasteiger partial charge in [-0.05, 0) is 37.8 Å². The normalized spacial score (nSPS) is 17.3. The highest BCUT2D eigenvalue weighted by atomic mass is 19.1. The lowest BCUT2D eigenvalue weighted by Crippen LogP contribution is -1.87. The van der Waals surface area contributed by atoms with Gasteiger partial charge in [0.1, 0.15) is 11.7 Å². The average Bonchev–Trinajstić information content (AvgIpc) is 2.36. The van der Waals surface area contributed by atoms with Crippen molar-refractivity contribution in [1.29, 1.82) is 0 Å². The number of unbranched alkanes of at least 4 members (excludes halogenated alkanes) is 1. The van der Waals surface area contributed by atoms with E-state index in [1.807, 2.05) is 13.8 Å². The highest BCUT2D eigenvalue weighted by Crippen LogP contribution is 2.29. The molecule has 0 amide bonds. The minimum Gasteiger partial charge on any atom is -0.207 e. The van der Waals surface area contributed by atoms with Crippen LogP contribution in [0.3, 0.4) is 0 Å². The Hall–Kier alpha value is -0.920. The van der Waals surface area contributed by atoms with E-state index in [1.54, 1.807) is 0 Å². The minimum atomic E-state index is -0.383. The molecule has 0 radical (unpaired) electrons. The second-order valence-corrected chi connectivity index (χ2v) is 3.84. The fourth-order valence-corrected chi connectivity index (χ4v) is 1.62. The molecule has 2 heteroatoms. The Morgan fingerprint density at radius 3 is 2.60 bits per heavy atom. The van der Waals surface area contributed by atoms with Gasteiger partial charge in [-0.15, -0.1) is 0 Å². The highest BCUT2D eigenvalue weighted by molar-refractivity contribution is 5.38. The summed E-state index contributed by atoms with van der Waals surface area (Å²) in [5.41, 5.74) is 1.20. The van der Waals surface area contributed by atoms with Gasteiger partial charge < -0.3 is 0 Å². The number of halogens is 2. The lowest BCUT2D eigenvalue weighted by atomic mass is 10.1. The summed E-state index contributed by atoms with van der Waals surface area (Å²) >= 11 is 0. The molecule has 0 N–H and O–H groups in total. The van der Waals surface area contributed by atoms with E-state index in [9.17, 15) is 8.78 Å². The molecule has 0 nitrogen and oxygen atoms in total. The summed E-state index contributed by atoms with van der Waals surface area (Å²) in [6.45, 7) is 3.98. The van der Waals surface area contributed by atoms with Crippen LogP contribution in [0.15, 0.2) is 35.0 Å². The molecule has 1 aliphatic carbocycles. The summed E-state index contributed by atoms with van der Waals surface area (Å²) in [6.07, 6.45) is 6.58. The predicted octanol–water partition coefficient (Wildman–Crippen LogP) is 4.99. The second kappa shape index (κ2) is 5.84. The molecule has 0 spiro atoms. The summed E-state index contributed by atoms with van der Waals surface area (Å²) in [6, 6.07) is 0. The molecule has 0 aliphatic heterocycles. The third kappa shape index (κ3) is 3.29. The average molecular weight is 212 g/mol. The van der Waals surface area contributed by atoms with Crippen LogP contribution in [0.5, 0.6) is 0 Å². The Morgan fingerprint density at radius 1 is 1.27 bits per heavy atom. The molecule has 1 aliphatic rings. The first-order valence-corrected chi connectivity index (χ1v) is 5.63. The van der Waals surface area contributed by atoms with Gasteiger partial charge in [0.2, 0.25) is 0 Å². The Bertz CT molecular complexity index is 308. The summed E-state index contributed by atoms with van der Waals surface area (Å²) in [7, 11) is 0. The van der Waals surface area contributed by atoms with Crippen LogP contribution in [0.2, 0.25) is 0 Å². The van der Waals surface area contributed by atoms with Gasteiger partial charge in [-0.2, -0.15) is 0 Å². The molecule has 0 atom stereocenters. The second-order valence-electron chi connectivity index (χ2n) is 3.84. The molecule has 0 unspecified atom stereocenters. The number of rotatable bonds is 4. The van der Waals surface area contributed by atoms with Crippen molar-refractivity contribution in [3.63, 3.8) is 0 Å². The zero-order valence-corrected chi connectivity index (χ0v) is 9.45. The van der Waals surface area contributed by atoms with Crippen molar-refractivity contribution in [2.24, 2.45) is 0 Å². The van der Waals surface area contributed by atoms with Crippen molar-refractivity contribution in [3.8, 4) is 0 Å². The van der Waals surface area contributed by atoms with Crippen LogP contribution in [0.1, 0.15) is 46.0 Å². The van der Waals surface area contributed by atoms with Crippen molar-refractivity contribution in [2.75, 3.05) is 0 Å². The van der Waals surface area contributed by atoms with Gasteiger partial charge >= 0.3 is 0 Å². The molecule has 0 bridgehead atoms. The molecule has 0 fully saturated rings. The maximum Gasteiger partial charge on any atom is 0.129 e. The molecule has 0 saturated carbocycles. The monoisotopic (exact) mass is 212 g/mol.